The van der Waals surface area contributed by atoms with Crippen LogP contribution in [-0.4, -0.2) is 31.6 Å². The number of methoxy groups -OCH3 is 1. The Hall–Kier alpha value is -2.49. The Bertz CT molecular complexity index is 679. The number of urea groups is 1. The van der Waals surface area contributed by atoms with Crippen molar-refractivity contribution in [3.8, 4) is 5.75 Å². The minimum atomic E-state index is -0.0290. The van der Waals surface area contributed by atoms with Crippen molar-refractivity contribution in [1.29, 1.82) is 0 Å². The summed E-state index contributed by atoms with van der Waals surface area (Å²) in [5, 5.41) is 3.09. The van der Waals surface area contributed by atoms with Gasteiger partial charge in [0.25, 0.3) is 0 Å². The van der Waals surface area contributed by atoms with Gasteiger partial charge in [-0.15, -0.1) is 0 Å². The quantitative estimate of drug-likeness (QED) is 0.882. The number of nitrogens with one attached hydrogen (secondary N) is 1. The Morgan fingerprint density at radius 2 is 1.79 bits per heavy atom. The lowest BCUT2D eigenvalue weighted by molar-refractivity contribution is 0.206. The van der Waals surface area contributed by atoms with E-state index in [2.05, 4.69) is 17.4 Å². The van der Waals surface area contributed by atoms with Crippen LogP contribution in [0.25, 0.3) is 0 Å². The number of carbonyl (C=O) groups is 1. The van der Waals surface area contributed by atoms with Crippen LogP contribution in [0.5, 0.6) is 5.75 Å². The zero-order chi connectivity index (χ0) is 17.0. The molecule has 0 radical (unpaired) electrons. The molecule has 24 heavy (non-hydrogen) atoms. The first kappa shape index (κ1) is 16.4. The molecule has 0 aromatic heterocycles. The van der Waals surface area contributed by atoms with E-state index < -0.39 is 0 Å². The average molecular weight is 324 g/mol. The van der Waals surface area contributed by atoms with Gasteiger partial charge in [-0.1, -0.05) is 42.5 Å². The van der Waals surface area contributed by atoms with Crippen molar-refractivity contribution < 1.29 is 9.53 Å². The van der Waals surface area contributed by atoms with E-state index in [9.17, 15) is 4.79 Å². The van der Waals surface area contributed by atoms with Gasteiger partial charge in [-0.05, 0) is 36.1 Å². The highest BCUT2D eigenvalue weighted by Gasteiger charge is 2.44. The highest BCUT2D eigenvalue weighted by atomic mass is 16.5. The van der Waals surface area contributed by atoms with Crippen LogP contribution < -0.4 is 10.1 Å². The summed E-state index contributed by atoms with van der Waals surface area (Å²) >= 11 is 0. The highest BCUT2D eigenvalue weighted by Crippen LogP contribution is 2.47. The van der Waals surface area contributed by atoms with Crippen molar-refractivity contribution in [3.05, 3.63) is 65.7 Å². The van der Waals surface area contributed by atoms with E-state index in [4.69, 9.17) is 4.74 Å². The maximum atomic E-state index is 12.3. The van der Waals surface area contributed by atoms with Gasteiger partial charge in [0, 0.05) is 25.6 Å². The van der Waals surface area contributed by atoms with Crippen LogP contribution in [0.2, 0.25) is 0 Å². The van der Waals surface area contributed by atoms with E-state index in [-0.39, 0.29) is 11.4 Å². The van der Waals surface area contributed by atoms with Crippen LogP contribution in [-0.2, 0) is 12.0 Å². The molecule has 126 valence electrons. The Kier molecular flexibility index (Phi) is 4.74. The van der Waals surface area contributed by atoms with Crippen molar-refractivity contribution in [1.82, 2.24) is 10.2 Å². The molecule has 0 saturated heterocycles. The fourth-order valence-corrected chi connectivity index (χ4v) is 2.97. The van der Waals surface area contributed by atoms with E-state index >= 15 is 0 Å². The summed E-state index contributed by atoms with van der Waals surface area (Å²) in [7, 11) is 3.50. The van der Waals surface area contributed by atoms with Gasteiger partial charge >= 0.3 is 6.03 Å². The molecule has 1 N–H and O–H groups in total. The van der Waals surface area contributed by atoms with Gasteiger partial charge in [0.1, 0.15) is 5.75 Å². The standard InChI is InChI=1S/C20H24N2O2/c1-22(14-16-6-4-3-5-7-16)19(23)21-15-20(12-13-20)17-8-10-18(24-2)11-9-17/h3-11H,12-15H2,1-2H3,(H,21,23). The summed E-state index contributed by atoms with van der Waals surface area (Å²) in [6, 6.07) is 18.2. The normalized spacial score (nSPS) is 14.8. The molecule has 1 saturated carbocycles. The molecular formula is C20H24N2O2. The Balaban J connectivity index is 1.55. The van der Waals surface area contributed by atoms with Gasteiger partial charge in [-0.3, -0.25) is 0 Å². The first-order chi connectivity index (χ1) is 11.6. The second kappa shape index (κ2) is 6.95. The molecule has 0 heterocycles. The predicted octanol–water partition coefficient (Wildman–Crippen LogP) is 3.57. The SMILES string of the molecule is COc1ccc(C2(CNC(=O)N(C)Cc3ccccc3)CC2)cc1. The lowest BCUT2D eigenvalue weighted by atomic mass is 9.96. The van der Waals surface area contributed by atoms with E-state index in [1.54, 1.807) is 12.0 Å². The Labute approximate surface area is 143 Å². The molecular weight excluding hydrogens is 300 g/mol. The molecule has 3 rings (SSSR count). The maximum Gasteiger partial charge on any atom is 0.317 e. The number of ether oxygens (including phenoxy) is 1. The van der Waals surface area contributed by atoms with Gasteiger partial charge in [-0.25, -0.2) is 4.79 Å². The molecule has 2 aromatic rings. The van der Waals surface area contributed by atoms with Crippen LogP contribution in [0.4, 0.5) is 4.79 Å². The minimum absolute atomic E-state index is 0.0290. The monoisotopic (exact) mass is 324 g/mol. The van der Waals surface area contributed by atoms with Crippen LogP contribution >= 0.6 is 0 Å². The van der Waals surface area contributed by atoms with Gasteiger partial charge in [0.15, 0.2) is 0 Å². The van der Waals surface area contributed by atoms with Crippen molar-refractivity contribution in [3.63, 3.8) is 0 Å². The van der Waals surface area contributed by atoms with Crippen LogP contribution in [0, 0.1) is 0 Å². The maximum absolute atomic E-state index is 12.3. The first-order valence-electron chi connectivity index (χ1n) is 8.30. The number of amides is 2. The van der Waals surface area contributed by atoms with Crippen molar-refractivity contribution in [2.45, 2.75) is 24.8 Å². The summed E-state index contributed by atoms with van der Waals surface area (Å²) in [6.45, 7) is 1.29. The van der Waals surface area contributed by atoms with E-state index in [0.29, 0.717) is 13.1 Å². The first-order valence-corrected chi connectivity index (χ1v) is 8.30. The van der Waals surface area contributed by atoms with Gasteiger partial charge in [0.05, 0.1) is 7.11 Å². The molecule has 1 aliphatic carbocycles. The fourth-order valence-electron chi connectivity index (χ4n) is 2.97. The predicted molar refractivity (Wildman–Crippen MR) is 95.2 cm³/mol. The summed E-state index contributed by atoms with van der Waals surface area (Å²) in [6.07, 6.45) is 2.23. The van der Waals surface area contributed by atoms with Crippen molar-refractivity contribution in [2.24, 2.45) is 0 Å². The molecule has 0 aliphatic heterocycles. The lowest BCUT2D eigenvalue weighted by Crippen LogP contribution is -2.40. The molecule has 2 amide bonds. The Morgan fingerprint density at radius 1 is 1.12 bits per heavy atom. The Morgan fingerprint density at radius 3 is 2.38 bits per heavy atom. The zero-order valence-corrected chi connectivity index (χ0v) is 14.3. The third kappa shape index (κ3) is 3.70. The second-order valence-corrected chi connectivity index (χ2v) is 6.51. The summed E-state index contributed by atoms with van der Waals surface area (Å²) in [5.74, 6) is 0.862. The summed E-state index contributed by atoms with van der Waals surface area (Å²) < 4.78 is 5.21. The smallest absolute Gasteiger partial charge is 0.317 e. The third-order valence-corrected chi connectivity index (χ3v) is 4.74. The van der Waals surface area contributed by atoms with Gasteiger partial charge in [-0.2, -0.15) is 0 Å². The number of hydrogen-bond donors (Lipinski definition) is 1. The topological polar surface area (TPSA) is 41.6 Å². The summed E-state index contributed by atoms with van der Waals surface area (Å²) in [4.78, 5) is 14.1. The van der Waals surface area contributed by atoms with Crippen LogP contribution in [0.15, 0.2) is 54.6 Å². The number of benzene rings is 2. The minimum Gasteiger partial charge on any atom is -0.497 e. The fraction of sp³-hybridized carbons (Fsp3) is 0.350. The van der Waals surface area contributed by atoms with Gasteiger partial charge < -0.3 is 15.0 Å². The molecule has 4 nitrogen and oxygen atoms in total. The molecule has 1 aliphatic rings. The molecule has 0 bridgehead atoms. The molecule has 2 aromatic carbocycles. The number of carbonyl (C=O) groups excluding carboxylic acids is 1. The van der Waals surface area contributed by atoms with E-state index in [1.807, 2.05) is 49.5 Å². The molecule has 0 spiro atoms. The van der Waals surface area contributed by atoms with E-state index in [1.165, 1.54) is 5.56 Å². The largest absolute Gasteiger partial charge is 0.497 e. The summed E-state index contributed by atoms with van der Waals surface area (Å²) in [5.41, 5.74) is 2.50. The third-order valence-electron chi connectivity index (χ3n) is 4.74. The zero-order valence-electron chi connectivity index (χ0n) is 14.3. The average Bonchev–Trinajstić information content (AvgIpc) is 3.42. The molecule has 0 atom stereocenters. The van der Waals surface area contributed by atoms with E-state index in [0.717, 1.165) is 24.2 Å². The van der Waals surface area contributed by atoms with Crippen LogP contribution in [0.1, 0.15) is 24.0 Å². The van der Waals surface area contributed by atoms with Crippen LogP contribution in [0.3, 0.4) is 0 Å². The van der Waals surface area contributed by atoms with Gasteiger partial charge in [0.2, 0.25) is 0 Å². The number of hydrogen-bond acceptors (Lipinski definition) is 2. The lowest BCUT2D eigenvalue weighted by Gasteiger charge is -2.22. The molecule has 0 unspecified atom stereocenters. The molecule has 1 fully saturated rings. The van der Waals surface area contributed by atoms with Crippen molar-refractivity contribution >= 4 is 6.03 Å². The second-order valence-electron chi connectivity index (χ2n) is 6.51. The highest BCUT2D eigenvalue weighted by molar-refractivity contribution is 5.74. The number of nitrogens with zero attached hydrogens (tertiary/aromatic N) is 1. The number of rotatable bonds is 6. The van der Waals surface area contributed by atoms with Crippen molar-refractivity contribution in [2.75, 3.05) is 20.7 Å². The molecule has 4 heteroatoms.